The molecule has 110 valence electrons. The first-order valence-corrected chi connectivity index (χ1v) is 7.14. The first kappa shape index (κ1) is 16.3. The van der Waals surface area contributed by atoms with Gasteiger partial charge < -0.3 is 10.1 Å². The molecule has 0 aliphatic rings. The van der Waals surface area contributed by atoms with Crippen LogP contribution in [0.15, 0.2) is 30.3 Å². The third-order valence-corrected chi connectivity index (χ3v) is 2.57. The number of carbonyl (C=O) groups is 1. The number of benzene rings is 1. The first-order chi connectivity index (χ1) is 9.40. The normalized spacial score (nSPS) is 11.6. The summed E-state index contributed by atoms with van der Waals surface area (Å²) in [7, 11) is 0. The molecule has 3 heteroatoms. The molecule has 0 heterocycles. The van der Waals surface area contributed by atoms with E-state index in [1.807, 2.05) is 45.0 Å². The van der Waals surface area contributed by atoms with E-state index in [2.05, 4.69) is 12.2 Å². The van der Waals surface area contributed by atoms with Crippen LogP contribution in [-0.4, -0.2) is 18.1 Å². The Hall–Kier alpha value is -1.77. The van der Waals surface area contributed by atoms with Crippen LogP contribution in [0.2, 0.25) is 0 Å². The van der Waals surface area contributed by atoms with Gasteiger partial charge in [0.25, 0.3) is 0 Å². The molecule has 0 radical (unpaired) electrons. The molecule has 1 rings (SSSR count). The van der Waals surface area contributed by atoms with Gasteiger partial charge in [-0.2, -0.15) is 0 Å². The van der Waals surface area contributed by atoms with Crippen molar-refractivity contribution in [1.82, 2.24) is 5.32 Å². The molecule has 3 nitrogen and oxygen atoms in total. The van der Waals surface area contributed by atoms with E-state index in [1.165, 1.54) is 0 Å². The molecule has 0 aliphatic heterocycles. The molecule has 0 saturated carbocycles. The molecule has 1 amide bonds. The molecule has 0 atom stereocenters. The highest BCUT2D eigenvalue weighted by atomic mass is 16.5. The summed E-state index contributed by atoms with van der Waals surface area (Å²) in [4.78, 5) is 11.7. The van der Waals surface area contributed by atoms with Crippen LogP contribution in [-0.2, 0) is 4.79 Å². The number of hydrogen-bond donors (Lipinski definition) is 1. The Morgan fingerprint density at radius 3 is 2.45 bits per heavy atom. The Morgan fingerprint density at radius 1 is 1.25 bits per heavy atom. The van der Waals surface area contributed by atoms with Gasteiger partial charge in [0.1, 0.15) is 5.75 Å². The van der Waals surface area contributed by atoms with Crippen molar-refractivity contribution in [1.29, 1.82) is 0 Å². The van der Waals surface area contributed by atoms with Gasteiger partial charge in [0.15, 0.2) is 0 Å². The van der Waals surface area contributed by atoms with Crippen LogP contribution in [0.5, 0.6) is 5.75 Å². The van der Waals surface area contributed by atoms with E-state index in [0.29, 0.717) is 0 Å². The van der Waals surface area contributed by atoms with Crippen LogP contribution >= 0.6 is 0 Å². The second-order valence-corrected chi connectivity index (χ2v) is 5.84. The predicted molar refractivity (Wildman–Crippen MR) is 83.8 cm³/mol. The molecular weight excluding hydrogens is 250 g/mol. The average molecular weight is 275 g/mol. The fraction of sp³-hybridized carbons (Fsp3) is 0.471. The maximum atomic E-state index is 11.7. The van der Waals surface area contributed by atoms with Crippen LogP contribution < -0.4 is 10.1 Å². The highest BCUT2D eigenvalue weighted by Gasteiger charge is 2.10. The van der Waals surface area contributed by atoms with Gasteiger partial charge in [-0.1, -0.05) is 25.5 Å². The van der Waals surface area contributed by atoms with E-state index in [9.17, 15) is 4.79 Å². The van der Waals surface area contributed by atoms with Crippen molar-refractivity contribution in [2.45, 2.75) is 46.1 Å². The lowest BCUT2D eigenvalue weighted by Gasteiger charge is -2.18. The summed E-state index contributed by atoms with van der Waals surface area (Å²) in [5.74, 6) is 0.788. The van der Waals surface area contributed by atoms with E-state index in [0.717, 1.165) is 30.8 Å². The quantitative estimate of drug-likeness (QED) is 0.633. The van der Waals surface area contributed by atoms with Gasteiger partial charge in [0, 0.05) is 11.6 Å². The lowest BCUT2D eigenvalue weighted by atomic mass is 10.1. The zero-order valence-electron chi connectivity index (χ0n) is 12.9. The molecule has 1 N–H and O–H groups in total. The van der Waals surface area contributed by atoms with Gasteiger partial charge in [-0.25, -0.2) is 0 Å². The van der Waals surface area contributed by atoms with Gasteiger partial charge >= 0.3 is 0 Å². The highest BCUT2D eigenvalue weighted by Crippen LogP contribution is 2.13. The molecule has 20 heavy (non-hydrogen) atoms. The number of amides is 1. The van der Waals surface area contributed by atoms with Crippen LogP contribution in [0.25, 0.3) is 6.08 Å². The monoisotopic (exact) mass is 275 g/mol. The van der Waals surface area contributed by atoms with Crippen LogP contribution in [0.4, 0.5) is 0 Å². The summed E-state index contributed by atoms with van der Waals surface area (Å²) >= 11 is 0. The number of hydrogen-bond acceptors (Lipinski definition) is 2. The second-order valence-electron chi connectivity index (χ2n) is 5.84. The SMILES string of the molecule is CCCCOc1ccc(/C=C/C(=O)NC(C)(C)C)cc1. The van der Waals surface area contributed by atoms with E-state index in [1.54, 1.807) is 12.2 Å². The van der Waals surface area contributed by atoms with Crippen LogP contribution in [0.3, 0.4) is 0 Å². The minimum absolute atomic E-state index is 0.0826. The van der Waals surface area contributed by atoms with Crippen molar-refractivity contribution >= 4 is 12.0 Å². The summed E-state index contributed by atoms with van der Waals surface area (Å²) in [5.41, 5.74) is 0.773. The third kappa shape index (κ3) is 6.98. The first-order valence-electron chi connectivity index (χ1n) is 7.14. The van der Waals surface area contributed by atoms with Gasteiger partial charge in [-0.3, -0.25) is 4.79 Å². The maximum absolute atomic E-state index is 11.7. The van der Waals surface area contributed by atoms with Crippen LogP contribution in [0.1, 0.15) is 46.1 Å². The Balaban J connectivity index is 2.50. The molecule has 0 unspecified atom stereocenters. The second kappa shape index (κ2) is 7.73. The number of nitrogens with one attached hydrogen (secondary N) is 1. The molecule has 0 bridgehead atoms. The number of unbranched alkanes of at least 4 members (excludes halogenated alkanes) is 1. The van der Waals surface area contributed by atoms with Gasteiger partial charge in [-0.05, 0) is 51.0 Å². The molecule has 1 aromatic rings. The number of rotatable bonds is 6. The van der Waals surface area contributed by atoms with Gasteiger partial charge in [0.05, 0.1) is 6.61 Å². The maximum Gasteiger partial charge on any atom is 0.244 e. The summed E-state index contributed by atoms with van der Waals surface area (Å²) in [6.45, 7) is 8.77. The summed E-state index contributed by atoms with van der Waals surface area (Å²) in [6.07, 6.45) is 5.55. The average Bonchev–Trinajstić information content (AvgIpc) is 2.36. The molecule has 0 aliphatic carbocycles. The molecule has 0 fully saturated rings. The van der Waals surface area contributed by atoms with Crippen molar-refractivity contribution in [3.8, 4) is 5.75 Å². The van der Waals surface area contributed by atoms with Gasteiger partial charge in [-0.15, -0.1) is 0 Å². The number of carbonyl (C=O) groups excluding carboxylic acids is 1. The minimum atomic E-state index is -0.210. The Morgan fingerprint density at radius 2 is 1.90 bits per heavy atom. The largest absolute Gasteiger partial charge is 0.494 e. The predicted octanol–water partition coefficient (Wildman–Crippen LogP) is 3.79. The van der Waals surface area contributed by atoms with Crippen molar-refractivity contribution in [3.63, 3.8) is 0 Å². The van der Waals surface area contributed by atoms with E-state index < -0.39 is 0 Å². The number of ether oxygens (including phenoxy) is 1. The van der Waals surface area contributed by atoms with Crippen LogP contribution in [0, 0.1) is 0 Å². The van der Waals surface area contributed by atoms with Crippen molar-refractivity contribution in [3.05, 3.63) is 35.9 Å². The standard InChI is InChI=1S/C17H25NO2/c1-5-6-13-20-15-10-7-14(8-11-15)9-12-16(19)18-17(2,3)4/h7-12H,5-6,13H2,1-4H3,(H,18,19)/b12-9+. The zero-order valence-corrected chi connectivity index (χ0v) is 12.9. The zero-order chi connectivity index (χ0) is 15.0. The Labute approximate surface area is 122 Å². The van der Waals surface area contributed by atoms with E-state index >= 15 is 0 Å². The van der Waals surface area contributed by atoms with E-state index in [-0.39, 0.29) is 11.4 Å². The molecule has 0 saturated heterocycles. The van der Waals surface area contributed by atoms with E-state index in [4.69, 9.17) is 4.74 Å². The molecule has 1 aromatic carbocycles. The van der Waals surface area contributed by atoms with Gasteiger partial charge in [0.2, 0.25) is 5.91 Å². The summed E-state index contributed by atoms with van der Waals surface area (Å²) in [6, 6.07) is 7.75. The van der Waals surface area contributed by atoms with Crippen molar-refractivity contribution in [2.75, 3.05) is 6.61 Å². The molecule has 0 spiro atoms. The minimum Gasteiger partial charge on any atom is -0.494 e. The van der Waals surface area contributed by atoms with Crippen molar-refractivity contribution < 1.29 is 9.53 Å². The fourth-order valence-electron chi connectivity index (χ4n) is 1.59. The lowest BCUT2D eigenvalue weighted by molar-refractivity contribution is -0.117. The smallest absolute Gasteiger partial charge is 0.244 e. The van der Waals surface area contributed by atoms with Crippen molar-refractivity contribution in [2.24, 2.45) is 0 Å². The Bertz CT molecular complexity index is 441. The summed E-state index contributed by atoms with van der Waals surface area (Å²) < 4.78 is 5.59. The third-order valence-electron chi connectivity index (χ3n) is 2.57. The molecule has 0 aromatic heterocycles. The topological polar surface area (TPSA) is 38.3 Å². The fourth-order valence-corrected chi connectivity index (χ4v) is 1.59. The Kier molecular flexibility index (Phi) is 6.29. The lowest BCUT2D eigenvalue weighted by Crippen LogP contribution is -2.39. The summed E-state index contributed by atoms with van der Waals surface area (Å²) in [5, 5.41) is 2.88. The highest BCUT2D eigenvalue weighted by molar-refractivity contribution is 5.92. The molecular formula is C17H25NO2.